The lowest BCUT2D eigenvalue weighted by molar-refractivity contribution is -0.489. The first-order chi connectivity index (χ1) is 5.70. The predicted molar refractivity (Wildman–Crippen MR) is 47.6 cm³/mol. The molecule has 3 nitrogen and oxygen atoms in total. The maximum atomic E-state index is 10.3. The summed E-state index contributed by atoms with van der Waals surface area (Å²) in [4.78, 5) is 10.1. The van der Waals surface area contributed by atoms with Crippen LogP contribution in [-0.2, 0) is 0 Å². The van der Waals surface area contributed by atoms with E-state index in [-0.39, 0.29) is 17.4 Å². The summed E-state index contributed by atoms with van der Waals surface area (Å²) < 4.78 is 0. The minimum absolute atomic E-state index is 0.157. The molecule has 0 radical (unpaired) electrons. The van der Waals surface area contributed by atoms with Crippen molar-refractivity contribution in [3.05, 3.63) is 10.1 Å². The van der Waals surface area contributed by atoms with E-state index < -0.39 is 0 Å². The molecule has 3 heteroatoms. The van der Waals surface area contributed by atoms with Crippen LogP contribution in [-0.4, -0.2) is 11.5 Å². The van der Waals surface area contributed by atoms with Crippen molar-refractivity contribution >= 4 is 0 Å². The smallest absolute Gasteiger partial charge is 0.206 e. The van der Waals surface area contributed by atoms with Crippen molar-refractivity contribution in [3.63, 3.8) is 0 Å². The minimum Gasteiger partial charge on any atom is -0.265 e. The largest absolute Gasteiger partial charge is 0.265 e. The standard InChI is InChI=1S/C9H17NO2/c1-8(7-10(11)12)9-5-3-2-4-6-9/h8-9H,2-7H2,1H3/t8-/m0/s1. The fourth-order valence-electron chi connectivity index (χ4n) is 2.09. The first-order valence-electron chi connectivity index (χ1n) is 4.82. The van der Waals surface area contributed by atoms with Crippen LogP contribution in [0.2, 0.25) is 0 Å². The third-order valence-corrected chi connectivity index (χ3v) is 2.89. The van der Waals surface area contributed by atoms with Gasteiger partial charge in [-0.15, -0.1) is 0 Å². The Morgan fingerprint density at radius 1 is 1.42 bits per heavy atom. The molecule has 0 heterocycles. The Kier molecular flexibility index (Phi) is 3.50. The molecule has 12 heavy (non-hydrogen) atoms. The SMILES string of the molecule is C[C@@H](C[N+](=O)[O-])C1CCCCC1. The molecular formula is C9H17NO2. The summed E-state index contributed by atoms with van der Waals surface area (Å²) in [7, 11) is 0. The van der Waals surface area contributed by atoms with Crippen molar-refractivity contribution in [1.29, 1.82) is 0 Å². The molecule has 1 aliphatic rings. The van der Waals surface area contributed by atoms with Gasteiger partial charge in [0.15, 0.2) is 0 Å². The molecule has 0 N–H and O–H groups in total. The van der Waals surface area contributed by atoms with Gasteiger partial charge in [0.2, 0.25) is 6.54 Å². The highest BCUT2D eigenvalue weighted by molar-refractivity contribution is 4.70. The van der Waals surface area contributed by atoms with E-state index in [9.17, 15) is 10.1 Å². The number of hydrogen-bond donors (Lipinski definition) is 0. The average molecular weight is 171 g/mol. The summed E-state index contributed by atoms with van der Waals surface area (Å²) >= 11 is 0. The second-order valence-electron chi connectivity index (χ2n) is 3.89. The van der Waals surface area contributed by atoms with Crippen LogP contribution in [0.4, 0.5) is 0 Å². The zero-order valence-electron chi connectivity index (χ0n) is 7.66. The van der Waals surface area contributed by atoms with Gasteiger partial charge >= 0.3 is 0 Å². The van der Waals surface area contributed by atoms with Gasteiger partial charge in [0, 0.05) is 10.8 Å². The highest BCUT2D eigenvalue weighted by Crippen LogP contribution is 2.29. The van der Waals surface area contributed by atoms with Crippen molar-refractivity contribution in [2.24, 2.45) is 11.8 Å². The van der Waals surface area contributed by atoms with Crippen molar-refractivity contribution in [2.75, 3.05) is 6.54 Å². The quantitative estimate of drug-likeness (QED) is 0.483. The van der Waals surface area contributed by atoms with Crippen LogP contribution in [0.25, 0.3) is 0 Å². The monoisotopic (exact) mass is 171 g/mol. The van der Waals surface area contributed by atoms with Crippen molar-refractivity contribution in [3.8, 4) is 0 Å². The van der Waals surface area contributed by atoms with Crippen LogP contribution in [0.1, 0.15) is 39.0 Å². The van der Waals surface area contributed by atoms with Crippen LogP contribution in [0.15, 0.2) is 0 Å². The zero-order chi connectivity index (χ0) is 8.97. The zero-order valence-corrected chi connectivity index (χ0v) is 7.66. The molecule has 0 saturated heterocycles. The summed E-state index contributed by atoms with van der Waals surface area (Å²) in [6.07, 6.45) is 6.27. The molecule has 0 amide bonds. The molecule has 1 atom stereocenters. The number of hydrogen-bond acceptors (Lipinski definition) is 2. The Morgan fingerprint density at radius 2 is 2.00 bits per heavy atom. The summed E-state index contributed by atoms with van der Waals surface area (Å²) in [6, 6.07) is 0. The third kappa shape index (κ3) is 2.80. The Labute approximate surface area is 73.3 Å². The molecule has 0 aromatic rings. The fraction of sp³-hybridized carbons (Fsp3) is 1.00. The van der Waals surface area contributed by atoms with E-state index in [4.69, 9.17) is 0 Å². The molecule has 0 bridgehead atoms. The molecule has 1 fully saturated rings. The Hall–Kier alpha value is -0.600. The molecule has 1 rings (SSSR count). The second-order valence-corrected chi connectivity index (χ2v) is 3.89. The van der Waals surface area contributed by atoms with Crippen molar-refractivity contribution < 1.29 is 4.92 Å². The molecule has 1 aliphatic carbocycles. The van der Waals surface area contributed by atoms with Gasteiger partial charge in [-0.3, -0.25) is 10.1 Å². The van der Waals surface area contributed by atoms with Gasteiger partial charge in [0.1, 0.15) is 0 Å². The van der Waals surface area contributed by atoms with E-state index in [2.05, 4.69) is 0 Å². The Balaban J connectivity index is 2.29. The molecule has 0 spiro atoms. The fourth-order valence-corrected chi connectivity index (χ4v) is 2.09. The number of nitrogens with zero attached hydrogens (tertiary/aromatic N) is 1. The summed E-state index contributed by atoms with van der Waals surface area (Å²) in [5, 5.41) is 10.3. The molecular weight excluding hydrogens is 154 g/mol. The predicted octanol–water partition coefficient (Wildman–Crippen LogP) is 2.48. The third-order valence-electron chi connectivity index (χ3n) is 2.89. The van der Waals surface area contributed by atoms with Gasteiger partial charge in [0.25, 0.3) is 0 Å². The van der Waals surface area contributed by atoms with Crippen molar-refractivity contribution in [2.45, 2.75) is 39.0 Å². The first kappa shape index (κ1) is 9.49. The van der Waals surface area contributed by atoms with Crippen molar-refractivity contribution in [1.82, 2.24) is 0 Å². The topological polar surface area (TPSA) is 43.1 Å². The van der Waals surface area contributed by atoms with Gasteiger partial charge in [-0.2, -0.15) is 0 Å². The minimum atomic E-state index is -0.181. The van der Waals surface area contributed by atoms with Gasteiger partial charge in [-0.1, -0.05) is 26.2 Å². The van der Waals surface area contributed by atoms with E-state index in [1.807, 2.05) is 6.92 Å². The van der Waals surface area contributed by atoms with Crippen LogP contribution >= 0.6 is 0 Å². The maximum Gasteiger partial charge on any atom is 0.206 e. The van der Waals surface area contributed by atoms with Crippen LogP contribution in [0, 0.1) is 22.0 Å². The maximum absolute atomic E-state index is 10.3. The second kappa shape index (κ2) is 4.43. The molecule has 0 aromatic heterocycles. The van der Waals surface area contributed by atoms with E-state index in [1.165, 1.54) is 32.1 Å². The van der Waals surface area contributed by atoms with Gasteiger partial charge in [-0.25, -0.2) is 0 Å². The summed E-state index contributed by atoms with van der Waals surface area (Å²) in [5.74, 6) is 0.893. The summed E-state index contributed by atoms with van der Waals surface area (Å²) in [6.45, 7) is 2.17. The number of nitro groups is 1. The Bertz CT molecular complexity index is 153. The molecule has 0 aromatic carbocycles. The highest BCUT2D eigenvalue weighted by Gasteiger charge is 2.23. The van der Waals surface area contributed by atoms with Gasteiger partial charge < -0.3 is 0 Å². The Morgan fingerprint density at radius 3 is 2.50 bits per heavy atom. The molecule has 0 aliphatic heterocycles. The van der Waals surface area contributed by atoms with E-state index in [0.717, 1.165) is 0 Å². The lowest BCUT2D eigenvalue weighted by Gasteiger charge is -2.24. The van der Waals surface area contributed by atoms with Gasteiger partial charge in [0.05, 0.1) is 0 Å². The van der Waals surface area contributed by atoms with Gasteiger partial charge in [-0.05, 0) is 18.8 Å². The molecule has 70 valence electrons. The lowest BCUT2D eigenvalue weighted by Crippen LogP contribution is -2.22. The van der Waals surface area contributed by atoms with Crippen LogP contribution < -0.4 is 0 Å². The average Bonchev–Trinajstić information content (AvgIpc) is 2.05. The number of rotatable bonds is 3. The summed E-state index contributed by atoms with van der Waals surface area (Å²) in [5.41, 5.74) is 0. The van der Waals surface area contributed by atoms with E-state index >= 15 is 0 Å². The highest BCUT2D eigenvalue weighted by atomic mass is 16.6. The molecule has 0 unspecified atom stereocenters. The lowest BCUT2D eigenvalue weighted by atomic mass is 9.81. The normalized spacial score (nSPS) is 22.1. The first-order valence-corrected chi connectivity index (χ1v) is 4.82. The van der Waals surface area contributed by atoms with Crippen LogP contribution in [0.3, 0.4) is 0 Å². The van der Waals surface area contributed by atoms with E-state index in [0.29, 0.717) is 5.92 Å². The van der Waals surface area contributed by atoms with Crippen LogP contribution in [0.5, 0.6) is 0 Å². The molecule has 1 saturated carbocycles. The van der Waals surface area contributed by atoms with E-state index in [1.54, 1.807) is 0 Å².